The topological polar surface area (TPSA) is 32.3 Å². The molecule has 0 bridgehead atoms. The second-order valence-corrected chi connectivity index (χ2v) is 6.45. The minimum atomic E-state index is 0.194. The molecule has 3 heteroatoms. The Morgan fingerprint density at radius 1 is 1.25 bits per heavy atom. The van der Waals surface area contributed by atoms with E-state index in [1.165, 1.54) is 5.56 Å². The molecule has 108 valence electrons. The maximum Gasteiger partial charge on any atom is 0.226 e. The van der Waals surface area contributed by atoms with Crippen LogP contribution in [0.2, 0.25) is 0 Å². The monoisotopic (exact) mass is 272 g/mol. The molecule has 2 fully saturated rings. The molecule has 1 aromatic rings. The van der Waals surface area contributed by atoms with Crippen LogP contribution in [-0.4, -0.2) is 29.9 Å². The van der Waals surface area contributed by atoms with Gasteiger partial charge in [0.2, 0.25) is 5.91 Å². The Labute approximate surface area is 121 Å². The molecule has 2 atom stereocenters. The lowest BCUT2D eigenvalue weighted by molar-refractivity contribution is -0.137. The second-order valence-electron chi connectivity index (χ2n) is 6.45. The molecular weight excluding hydrogens is 248 g/mol. The molecular formula is C17H24N2O. The summed E-state index contributed by atoms with van der Waals surface area (Å²) >= 11 is 0. The fourth-order valence-electron chi connectivity index (χ4n) is 3.00. The van der Waals surface area contributed by atoms with Crippen LogP contribution in [0.3, 0.4) is 0 Å². The number of rotatable bonds is 3. The Bertz CT molecular complexity index is 467. The van der Waals surface area contributed by atoms with Crippen molar-refractivity contribution in [1.82, 2.24) is 10.2 Å². The number of carbonyl (C=O) groups is 1. The van der Waals surface area contributed by atoms with Crippen molar-refractivity contribution in [2.45, 2.75) is 38.8 Å². The number of amides is 1. The standard InChI is InChI=1S/C17H24N2O/c1-12(2)15-11-19(17(20)14-8-9-14)16(10-18-15)13-6-4-3-5-7-13/h3-7,12,14-16,18H,8-11H2,1-2H3. The van der Waals surface area contributed by atoms with Crippen LogP contribution in [0.15, 0.2) is 30.3 Å². The highest BCUT2D eigenvalue weighted by Gasteiger charge is 2.40. The lowest BCUT2D eigenvalue weighted by Gasteiger charge is -2.42. The smallest absolute Gasteiger partial charge is 0.226 e. The number of nitrogens with zero attached hydrogens (tertiary/aromatic N) is 1. The van der Waals surface area contributed by atoms with Crippen molar-refractivity contribution in [3.05, 3.63) is 35.9 Å². The number of nitrogens with one attached hydrogen (secondary N) is 1. The van der Waals surface area contributed by atoms with Crippen molar-refractivity contribution in [3.63, 3.8) is 0 Å². The summed E-state index contributed by atoms with van der Waals surface area (Å²) in [5.74, 6) is 1.22. The van der Waals surface area contributed by atoms with E-state index in [1.807, 2.05) is 6.07 Å². The molecule has 2 unspecified atom stereocenters. The highest BCUT2D eigenvalue weighted by molar-refractivity contribution is 5.81. The summed E-state index contributed by atoms with van der Waals surface area (Å²) in [4.78, 5) is 14.7. The maximum absolute atomic E-state index is 12.6. The van der Waals surface area contributed by atoms with Crippen LogP contribution in [0.25, 0.3) is 0 Å². The first-order chi connectivity index (χ1) is 9.66. The van der Waals surface area contributed by atoms with Gasteiger partial charge in [-0.25, -0.2) is 0 Å². The van der Waals surface area contributed by atoms with E-state index in [0.717, 1.165) is 25.9 Å². The van der Waals surface area contributed by atoms with E-state index in [1.54, 1.807) is 0 Å². The molecule has 0 spiro atoms. The predicted molar refractivity (Wildman–Crippen MR) is 80.2 cm³/mol. The van der Waals surface area contributed by atoms with Gasteiger partial charge < -0.3 is 10.2 Å². The number of hydrogen-bond donors (Lipinski definition) is 1. The number of piperazine rings is 1. The number of carbonyl (C=O) groups excluding carboxylic acids is 1. The van der Waals surface area contributed by atoms with Gasteiger partial charge in [-0.1, -0.05) is 44.2 Å². The first-order valence-electron chi connectivity index (χ1n) is 7.75. The lowest BCUT2D eigenvalue weighted by atomic mass is 9.95. The molecule has 1 saturated carbocycles. The van der Waals surface area contributed by atoms with Crippen molar-refractivity contribution in [2.75, 3.05) is 13.1 Å². The van der Waals surface area contributed by atoms with Gasteiger partial charge in [0.1, 0.15) is 0 Å². The molecule has 1 saturated heterocycles. The lowest BCUT2D eigenvalue weighted by Crippen LogP contribution is -2.56. The van der Waals surface area contributed by atoms with E-state index < -0.39 is 0 Å². The molecule has 3 rings (SSSR count). The van der Waals surface area contributed by atoms with Gasteiger partial charge in [-0.3, -0.25) is 4.79 Å². The first kappa shape index (κ1) is 13.6. The van der Waals surface area contributed by atoms with Gasteiger partial charge in [-0.05, 0) is 24.3 Å². The molecule has 1 N–H and O–H groups in total. The molecule has 1 aliphatic carbocycles. The van der Waals surface area contributed by atoms with Crippen molar-refractivity contribution in [1.29, 1.82) is 0 Å². The molecule has 2 aliphatic rings. The molecule has 0 radical (unpaired) electrons. The zero-order valence-electron chi connectivity index (χ0n) is 12.4. The van der Waals surface area contributed by atoms with Crippen LogP contribution in [0.4, 0.5) is 0 Å². The average molecular weight is 272 g/mol. The third-order valence-corrected chi connectivity index (χ3v) is 4.54. The maximum atomic E-state index is 12.6. The minimum Gasteiger partial charge on any atom is -0.333 e. The normalized spacial score (nSPS) is 26.9. The predicted octanol–water partition coefficient (Wildman–Crippen LogP) is 2.59. The Balaban J connectivity index is 1.82. The third kappa shape index (κ3) is 2.73. The van der Waals surface area contributed by atoms with E-state index in [0.29, 0.717) is 23.8 Å². The highest BCUT2D eigenvalue weighted by Crippen LogP contribution is 2.35. The van der Waals surface area contributed by atoms with Crippen LogP contribution in [0.1, 0.15) is 38.3 Å². The Morgan fingerprint density at radius 3 is 2.55 bits per heavy atom. The zero-order valence-corrected chi connectivity index (χ0v) is 12.4. The molecule has 1 heterocycles. The van der Waals surface area contributed by atoms with E-state index in [9.17, 15) is 4.79 Å². The van der Waals surface area contributed by atoms with Gasteiger partial charge in [0, 0.05) is 25.0 Å². The largest absolute Gasteiger partial charge is 0.333 e. The van der Waals surface area contributed by atoms with Crippen molar-refractivity contribution in [3.8, 4) is 0 Å². The molecule has 0 aromatic heterocycles. The molecule has 3 nitrogen and oxygen atoms in total. The summed E-state index contributed by atoms with van der Waals surface area (Å²) in [5, 5.41) is 3.62. The summed E-state index contributed by atoms with van der Waals surface area (Å²) < 4.78 is 0. The molecule has 1 aromatic carbocycles. The first-order valence-corrected chi connectivity index (χ1v) is 7.75. The van der Waals surface area contributed by atoms with Crippen molar-refractivity contribution >= 4 is 5.91 Å². The van der Waals surface area contributed by atoms with Gasteiger partial charge in [0.25, 0.3) is 0 Å². The van der Waals surface area contributed by atoms with Crippen molar-refractivity contribution in [2.24, 2.45) is 11.8 Å². The molecule has 1 amide bonds. The van der Waals surface area contributed by atoms with Gasteiger partial charge in [0.05, 0.1) is 6.04 Å². The van der Waals surface area contributed by atoms with Crippen LogP contribution >= 0.6 is 0 Å². The average Bonchev–Trinajstić information content (AvgIpc) is 3.31. The van der Waals surface area contributed by atoms with E-state index in [4.69, 9.17) is 0 Å². The van der Waals surface area contributed by atoms with E-state index in [2.05, 4.69) is 48.3 Å². The Hall–Kier alpha value is -1.35. The van der Waals surface area contributed by atoms with Gasteiger partial charge in [-0.2, -0.15) is 0 Å². The Morgan fingerprint density at radius 2 is 1.95 bits per heavy atom. The fraction of sp³-hybridized carbons (Fsp3) is 0.588. The van der Waals surface area contributed by atoms with E-state index in [-0.39, 0.29) is 6.04 Å². The van der Waals surface area contributed by atoms with Gasteiger partial charge in [-0.15, -0.1) is 0 Å². The summed E-state index contributed by atoms with van der Waals surface area (Å²) in [7, 11) is 0. The van der Waals surface area contributed by atoms with Crippen LogP contribution < -0.4 is 5.32 Å². The fourth-order valence-corrected chi connectivity index (χ4v) is 3.00. The van der Waals surface area contributed by atoms with Crippen LogP contribution in [0, 0.1) is 11.8 Å². The van der Waals surface area contributed by atoms with Crippen LogP contribution in [-0.2, 0) is 4.79 Å². The van der Waals surface area contributed by atoms with Crippen molar-refractivity contribution < 1.29 is 4.79 Å². The Kier molecular flexibility index (Phi) is 3.79. The number of benzene rings is 1. The van der Waals surface area contributed by atoms with Gasteiger partial charge in [0.15, 0.2) is 0 Å². The quantitative estimate of drug-likeness (QED) is 0.917. The summed E-state index contributed by atoms with van der Waals surface area (Å²) in [5.41, 5.74) is 1.25. The van der Waals surface area contributed by atoms with Crippen LogP contribution in [0.5, 0.6) is 0 Å². The van der Waals surface area contributed by atoms with Gasteiger partial charge >= 0.3 is 0 Å². The third-order valence-electron chi connectivity index (χ3n) is 4.54. The summed E-state index contributed by atoms with van der Waals surface area (Å²) in [6, 6.07) is 11.0. The summed E-state index contributed by atoms with van der Waals surface area (Å²) in [6.07, 6.45) is 2.16. The highest BCUT2D eigenvalue weighted by atomic mass is 16.2. The minimum absolute atomic E-state index is 0.194. The SMILES string of the molecule is CC(C)C1CN(C(=O)C2CC2)C(c2ccccc2)CN1. The second kappa shape index (κ2) is 5.57. The summed E-state index contributed by atoms with van der Waals surface area (Å²) in [6.45, 7) is 6.15. The molecule has 1 aliphatic heterocycles. The zero-order chi connectivity index (χ0) is 14.1. The number of hydrogen-bond acceptors (Lipinski definition) is 2. The molecule has 20 heavy (non-hydrogen) atoms. The van der Waals surface area contributed by atoms with E-state index >= 15 is 0 Å².